The highest BCUT2D eigenvalue weighted by Crippen LogP contribution is 2.33. The molecular formula is C18H13Cl2N7. The summed E-state index contributed by atoms with van der Waals surface area (Å²) in [6.45, 7) is 0. The number of hydrogen-bond donors (Lipinski definition) is 2. The van der Waals surface area contributed by atoms with Gasteiger partial charge >= 0.3 is 0 Å². The van der Waals surface area contributed by atoms with Crippen molar-refractivity contribution in [2.24, 2.45) is 0 Å². The van der Waals surface area contributed by atoms with Gasteiger partial charge in [0.15, 0.2) is 5.82 Å². The fraction of sp³-hybridized carbons (Fsp3) is 0. The Morgan fingerprint density at radius 1 is 0.926 bits per heavy atom. The van der Waals surface area contributed by atoms with E-state index in [-0.39, 0.29) is 0 Å². The van der Waals surface area contributed by atoms with Gasteiger partial charge in [-0.2, -0.15) is 4.68 Å². The topological polar surface area (TPSA) is 109 Å². The first-order valence-electron chi connectivity index (χ1n) is 7.89. The lowest BCUT2D eigenvalue weighted by molar-refractivity contribution is 0.791. The number of halogens is 2. The zero-order valence-electron chi connectivity index (χ0n) is 13.8. The summed E-state index contributed by atoms with van der Waals surface area (Å²) in [5.74, 6) is 0.699. The average molecular weight is 398 g/mol. The number of tetrazole rings is 1. The van der Waals surface area contributed by atoms with Crippen LogP contribution in [-0.2, 0) is 0 Å². The molecule has 0 spiro atoms. The molecule has 0 saturated carbocycles. The molecule has 2 aromatic heterocycles. The van der Waals surface area contributed by atoms with Crippen molar-refractivity contribution in [3.05, 3.63) is 64.8 Å². The molecule has 2 heterocycles. The second-order valence-corrected chi connectivity index (χ2v) is 6.55. The molecule has 27 heavy (non-hydrogen) atoms. The SMILES string of the molecule is Nc1ccc(-c2cnc(N)c(-c3nnnn3-c3cccc(Cl)c3Cl)c2)cc1. The number of nitrogen functional groups attached to an aromatic ring is 2. The molecule has 0 unspecified atom stereocenters. The molecule has 0 radical (unpaired) electrons. The molecule has 134 valence electrons. The van der Waals surface area contributed by atoms with Crippen molar-refractivity contribution >= 4 is 34.7 Å². The van der Waals surface area contributed by atoms with Crippen LogP contribution in [0.2, 0.25) is 10.0 Å². The van der Waals surface area contributed by atoms with Gasteiger partial charge in [-0.1, -0.05) is 41.4 Å². The molecule has 0 aliphatic rings. The second kappa shape index (κ2) is 6.86. The predicted molar refractivity (Wildman–Crippen MR) is 107 cm³/mol. The number of nitrogens with zero attached hydrogens (tertiary/aromatic N) is 5. The van der Waals surface area contributed by atoms with Crippen LogP contribution in [0.4, 0.5) is 11.5 Å². The summed E-state index contributed by atoms with van der Waals surface area (Å²) in [7, 11) is 0. The fourth-order valence-corrected chi connectivity index (χ4v) is 3.04. The molecule has 0 saturated heterocycles. The van der Waals surface area contributed by atoms with Gasteiger partial charge in [0, 0.05) is 17.4 Å². The molecule has 0 amide bonds. The van der Waals surface area contributed by atoms with Crippen LogP contribution < -0.4 is 11.5 Å². The summed E-state index contributed by atoms with van der Waals surface area (Å²) in [5, 5.41) is 12.6. The van der Waals surface area contributed by atoms with Gasteiger partial charge in [0.1, 0.15) is 5.82 Å². The van der Waals surface area contributed by atoms with Crippen molar-refractivity contribution in [1.82, 2.24) is 25.2 Å². The van der Waals surface area contributed by atoms with Crippen LogP contribution in [0.1, 0.15) is 0 Å². The monoisotopic (exact) mass is 397 g/mol. The van der Waals surface area contributed by atoms with Crippen molar-refractivity contribution in [1.29, 1.82) is 0 Å². The van der Waals surface area contributed by atoms with Crippen LogP contribution >= 0.6 is 23.2 Å². The third kappa shape index (κ3) is 3.18. The molecule has 0 aliphatic carbocycles. The third-order valence-corrected chi connectivity index (χ3v) is 4.84. The Kier molecular flexibility index (Phi) is 4.39. The van der Waals surface area contributed by atoms with E-state index < -0.39 is 0 Å². The molecule has 0 atom stereocenters. The second-order valence-electron chi connectivity index (χ2n) is 5.77. The van der Waals surface area contributed by atoms with E-state index >= 15 is 0 Å². The summed E-state index contributed by atoms with van der Waals surface area (Å²) in [6, 6.07) is 14.5. The highest BCUT2D eigenvalue weighted by atomic mass is 35.5. The van der Waals surface area contributed by atoms with E-state index in [2.05, 4.69) is 20.5 Å². The first-order chi connectivity index (χ1) is 13.0. The third-order valence-electron chi connectivity index (χ3n) is 4.03. The minimum Gasteiger partial charge on any atom is -0.399 e. The number of benzene rings is 2. The van der Waals surface area contributed by atoms with Crippen LogP contribution in [-0.4, -0.2) is 25.2 Å². The fourth-order valence-electron chi connectivity index (χ4n) is 2.66. The lowest BCUT2D eigenvalue weighted by atomic mass is 10.0. The molecule has 4 rings (SSSR count). The Morgan fingerprint density at radius 2 is 1.70 bits per heavy atom. The van der Waals surface area contributed by atoms with Crippen molar-refractivity contribution in [3.63, 3.8) is 0 Å². The standard InChI is InChI=1S/C18H13Cl2N7/c19-14-2-1-3-15(16(14)20)27-18(24-25-26-27)13-8-11(9-23-17(13)22)10-4-6-12(21)7-5-10/h1-9H,21H2,(H2,22,23). The van der Waals surface area contributed by atoms with Crippen molar-refractivity contribution < 1.29 is 0 Å². The zero-order valence-corrected chi connectivity index (χ0v) is 15.4. The maximum absolute atomic E-state index is 6.32. The summed E-state index contributed by atoms with van der Waals surface area (Å²) < 4.78 is 1.48. The summed E-state index contributed by atoms with van der Waals surface area (Å²) >= 11 is 12.4. The molecule has 9 heteroatoms. The Bertz CT molecular complexity index is 1120. The van der Waals surface area contributed by atoms with Gasteiger partial charge in [-0.15, -0.1) is 5.10 Å². The van der Waals surface area contributed by atoms with Gasteiger partial charge in [-0.3, -0.25) is 0 Å². The molecule has 0 bridgehead atoms. The van der Waals surface area contributed by atoms with Crippen LogP contribution in [0.3, 0.4) is 0 Å². The zero-order chi connectivity index (χ0) is 19.0. The van der Waals surface area contributed by atoms with Crippen LogP contribution in [0.5, 0.6) is 0 Å². The highest BCUT2D eigenvalue weighted by Gasteiger charge is 2.18. The molecule has 0 fully saturated rings. The number of hydrogen-bond acceptors (Lipinski definition) is 6. The van der Waals surface area contributed by atoms with Crippen molar-refractivity contribution in [2.45, 2.75) is 0 Å². The van der Waals surface area contributed by atoms with Crippen molar-refractivity contribution in [2.75, 3.05) is 11.5 Å². The quantitative estimate of drug-likeness (QED) is 0.508. The van der Waals surface area contributed by atoms with Gasteiger partial charge < -0.3 is 11.5 Å². The smallest absolute Gasteiger partial charge is 0.190 e. The van der Waals surface area contributed by atoms with E-state index in [1.807, 2.05) is 30.3 Å². The number of aromatic nitrogens is 5. The average Bonchev–Trinajstić information content (AvgIpc) is 3.14. The number of rotatable bonds is 3. The van der Waals surface area contributed by atoms with E-state index in [4.69, 9.17) is 34.7 Å². The van der Waals surface area contributed by atoms with Crippen molar-refractivity contribution in [3.8, 4) is 28.2 Å². The molecule has 7 nitrogen and oxygen atoms in total. The molecule has 4 aromatic rings. The van der Waals surface area contributed by atoms with E-state index in [9.17, 15) is 0 Å². The molecule has 0 aliphatic heterocycles. The summed E-state index contributed by atoms with van der Waals surface area (Å²) in [4.78, 5) is 4.29. The molecular weight excluding hydrogens is 385 g/mol. The minimum atomic E-state index is 0.295. The first kappa shape index (κ1) is 17.3. The Morgan fingerprint density at radius 3 is 2.48 bits per heavy atom. The maximum Gasteiger partial charge on any atom is 0.190 e. The normalized spacial score (nSPS) is 10.9. The minimum absolute atomic E-state index is 0.295. The van der Waals surface area contributed by atoms with Gasteiger partial charge in [0.25, 0.3) is 0 Å². The van der Waals surface area contributed by atoms with Crippen LogP contribution in [0.25, 0.3) is 28.2 Å². The molecule has 2 aromatic carbocycles. The number of anilines is 2. The Hall–Kier alpha value is -3.16. The van der Waals surface area contributed by atoms with Gasteiger partial charge in [0.05, 0.1) is 21.3 Å². The van der Waals surface area contributed by atoms with E-state index in [1.165, 1.54) is 4.68 Å². The van der Waals surface area contributed by atoms with Crippen LogP contribution in [0.15, 0.2) is 54.7 Å². The van der Waals surface area contributed by atoms with E-state index in [1.54, 1.807) is 24.4 Å². The number of nitrogens with two attached hydrogens (primary N) is 2. The largest absolute Gasteiger partial charge is 0.399 e. The van der Waals surface area contributed by atoms with Gasteiger partial charge in [0.2, 0.25) is 0 Å². The molecule has 4 N–H and O–H groups in total. The first-order valence-corrected chi connectivity index (χ1v) is 8.65. The summed E-state index contributed by atoms with van der Waals surface area (Å²) in [5.41, 5.74) is 15.5. The predicted octanol–water partition coefficient (Wildman–Crippen LogP) is 3.86. The Balaban J connectivity index is 1.86. The van der Waals surface area contributed by atoms with Crippen LogP contribution in [0, 0.1) is 0 Å². The lowest BCUT2D eigenvalue weighted by Gasteiger charge is -2.10. The number of pyridine rings is 1. The maximum atomic E-state index is 6.32. The summed E-state index contributed by atoms with van der Waals surface area (Å²) in [6.07, 6.45) is 1.69. The van der Waals surface area contributed by atoms with Gasteiger partial charge in [-0.05, 0) is 46.3 Å². The van der Waals surface area contributed by atoms with E-state index in [0.29, 0.717) is 38.6 Å². The lowest BCUT2D eigenvalue weighted by Crippen LogP contribution is -2.04. The highest BCUT2D eigenvalue weighted by molar-refractivity contribution is 6.43. The van der Waals surface area contributed by atoms with E-state index in [0.717, 1.165) is 11.1 Å². The van der Waals surface area contributed by atoms with Gasteiger partial charge in [-0.25, -0.2) is 4.98 Å². The Labute approximate surface area is 164 Å².